The lowest BCUT2D eigenvalue weighted by molar-refractivity contribution is 0.680. The molecule has 1 rings (SSSR count). The molecule has 60 valence electrons. The minimum atomic E-state index is -2.12. The van der Waals surface area contributed by atoms with E-state index >= 15 is 0 Å². The highest BCUT2D eigenvalue weighted by Crippen LogP contribution is 2.08. The molecule has 0 aliphatic carbocycles. The van der Waals surface area contributed by atoms with Gasteiger partial charge in [-0.2, -0.15) is 0 Å². The van der Waals surface area contributed by atoms with Gasteiger partial charge in [0.15, 0.2) is 0 Å². The molecule has 0 saturated carbocycles. The second-order valence-electron chi connectivity index (χ2n) is 2.30. The molecule has 1 aromatic rings. The lowest BCUT2D eigenvalue weighted by atomic mass is 10.4. The number of benzene rings is 1. The van der Waals surface area contributed by atoms with Crippen molar-refractivity contribution in [2.45, 2.75) is 4.90 Å². The lowest BCUT2D eigenvalue weighted by Gasteiger charge is -2.00. The summed E-state index contributed by atoms with van der Waals surface area (Å²) in [4.78, 5) is 0.794. The minimum absolute atomic E-state index is 0.794. The van der Waals surface area contributed by atoms with E-state index in [9.17, 15) is 4.21 Å². The molecular formula is C8H11NOS. The van der Waals surface area contributed by atoms with Crippen LogP contribution in [0.3, 0.4) is 0 Å². The molecule has 0 aromatic heterocycles. The molecule has 0 aliphatic rings. The summed E-state index contributed by atoms with van der Waals surface area (Å²) in [6.07, 6.45) is 1.64. The van der Waals surface area contributed by atoms with Crippen LogP contribution in [0.25, 0.3) is 0 Å². The van der Waals surface area contributed by atoms with E-state index in [1.165, 1.54) is 0 Å². The fraction of sp³-hybridized carbons (Fsp3) is 0.250. The van der Waals surface area contributed by atoms with Crippen molar-refractivity contribution in [2.75, 3.05) is 13.3 Å². The van der Waals surface area contributed by atoms with Crippen molar-refractivity contribution < 1.29 is 4.21 Å². The normalized spacial score (nSPS) is 15.5. The molecule has 0 bridgehead atoms. The smallest absolute Gasteiger partial charge is 0.0720 e. The number of rotatable bonds is 1. The van der Waals surface area contributed by atoms with Gasteiger partial charge in [0.1, 0.15) is 0 Å². The van der Waals surface area contributed by atoms with E-state index in [1.807, 2.05) is 30.3 Å². The highest BCUT2D eigenvalue weighted by molar-refractivity contribution is 7.93. The van der Waals surface area contributed by atoms with E-state index < -0.39 is 9.73 Å². The van der Waals surface area contributed by atoms with Crippen molar-refractivity contribution in [2.24, 2.45) is 4.36 Å². The molecule has 2 nitrogen and oxygen atoms in total. The Morgan fingerprint density at radius 3 is 2.27 bits per heavy atom. The average Bonchev–Trinajstić information content (AvgIpc) is 2.06. The second kappa shape index (κ2) is 3.05. The maximum absolute atomic E-state index is 11.6. The van der Waals surface area contributed by atoms with Crippen LogP contribution >= 0.6 is 0 Å². The third-order valence-electron chi connectivity index (χ3n) is 1.53. The Bertz CT molecular complexity index is 336. The van der Waals surface area contributed by atoms with Crippen LogP contribution in [-0.2, 0) is 9.73 Å². The quantitative estimate of drug-likeness (QED) is 0.630. The number of nitrogens with zero attached hydrogens (tertiary/aromatic N) is 1. The standard InChI is InChI=1S/C8H11NOS/c1-9-11(2,10)8-6-4-3-5-7-8/h3-7H,1-2H3/t11-/m0/s1. The van der Waals surface area contributed by atoms with Crippen LogP contribution in [0.1, 0.15) is 0 Å². The summed E-state index contributed by atoms with van der Waals surface area (Å²) in [5, 5.41) is 0. The van der Waals surface area contributed by atoms with Crippen molar-refractivity contribution in [1.29, 1.82) is 0 Å². The summed E-state index contributed by atoms with van der Waals surface area (Å²) in [5.74, 6) is 0. The average molecular weight is 169 g/mol. The topological polar surface area (TPSA) is 29.4 Å². The fourth-order valence-electron chi connectivity index (χ4n) is 0.778. The first-order valence-electron chi connectivity index (χ1n) is 3.32. The summed E-state index contributed by atoms with van der Waals surface area (Å²) in [5.41, 5.74) is 0. The number of hydrogen-bond acceptors (Lipinski definition) is 2. The summed E-state index contributed by atoms with van der Waals surface area (Å²) in [7, 11) is -0.544. The van der Waals surface area contributed by atoms with Gasteiger partial charge in [-0.3, -0.25) is 0 Å². The molecule has 11 heavy (non-hydrogen) atoms. The van der Waals surface area contributed by atoms with Crippen LogP contribution < -0.4 is 0 Å². The first-order chi connectivity index (χ1) is 5.17. The third-order valence-corrected chi connectivity index (χ3v) is 3.37. The van der Waals surface area contributed by atoms with Crippen molar-refractivity contribution in [3.8, 4) is 0 Å². The van der Waals surface area contributed by atoms with E-state index in [1.54, 1.807) is 13.3 Å². The van der Waals surface area contributed by atoms with Crippen LogP contribution in [0.2, 0.25) is 0 Å². The van der Waals surface area contributed by atoms with Gasteiger partial charge < -0.3 is 0 Å². The summed E-state index contributed by atoms with van der Waals surface area (Å²) in [6.45, 7) is 0. The molecule has 0 spiro atoms. The third kappa shape index (κ3) is 1.80. The van der Waals surface area contributed by atoms with Gasteiger partial charge in [0.2, 0.25) is 0 Å². The van der Waals surface area contributed by atoms with Crippen LogP contribution in [0, 0.1) is 0 Å². The first kappa shape index (κ1) is 8.27. The van der Waals surface area contributed by atoms with Crippen molar-refractivity contribution in [3.05, 3.63) is 30.3 Å². The molecule has 0 heterocycles. The zero-order valence-corrected chi connectivity index (χ0v) is 7.47. The van der Waals surface area contributed by atoms with Crippen molar-refractivity contribution in [1.82, 2.24) is 0 Å². The van der Waals surface area contributed by atoms with Crippen molar-refractivity contribution in [3.63, 3.8) is 0 Å². The van der Waals surface area contributed by atoms with Gasteiger partial charge in [0.25, 0.3) is 0 Å². The van der Waals surface area contributed by atoms with Gasteiger partial charge in [-0.1, -0.05) is 18.2 Å². The summed E-state index contributed by atoms with van der Waals surface area (Å²) >= 11 is 0. The molecule has 0 unspecified atom stereocenters. The highest BCUT2D eigenvalue weighted by atomic mass is 32.2. The molecule has 0 aliphatic heterocycles. The maximum atomic E-state index is 11.6. The van der Waals surface area contributed by atoms with Gasteiger partial charge in [-0.25, -0.2) is 8.57 Å². The molecular weight excluding hydrogens is 158 g/mol. The molecule has 1 atom stereocenters. The largest absolute Gasteiger partial charge is 0.245 e. The van der Waals surface area contributed by atoms with Crippen LogP contribution in [0.4, 0.5) is 0 Å². The minimum Gasteiger partial charge on any atom is -0.245 e. The Balaban J connectivity index is 3.25. The van der Waals surface area contributed by atoms with Crippen LogP contribution in [-0.4, -0.2) is 17.5 Å². The maximum Gasteiger partial charge on any atom is 0.0720 e. The van der Waals surface area contributed by atoms with E-state index in [-0.39, 0.29) is 0 Å². The highest BCUT2D eigenvalue weighted by Gasteiger charge is 2.00. The van der Waals surface area contributed by atoms with Crippen molar-refractivity contribution >= 4 is 9.73 Å². The SMILES string of the molecule is CN=[S@@](C)(=O)c1ccccc1. The van der Waals surface area contributed by atoms with E-state index in [2.05, 4.69) is 4.36 Å². The molecule has 0 fully saturated rings. The van der Waals surface area contributed by atoms with Gasteiger partial charge in [-0.05, 0) is 12.1 Å². The number of hydrogen-bond donors (Lipinski definition) is 0. The lowest BCUT2D eigenvalue weighted by Crippen LogP contribution is -1.95. The molecule has 0 radical (unpaired) electrons. The predicted octanol–water partition coefficient (Wildman–Crippen LogP) is 1.77. The van der Waals surface area contributed by atoms with Crippen LogP contribution in [0.5, 0.6) is 0 Å². The fourth-order valence-corrected chi connectivity index (χ4v) is 1.65. The van der Waals surface area contributed by atoms with E-state index in [4.69, 9.17) is 0 Å². The Hall–Kier alpha value is -0.830. The molecule has 0 N–H and O–H groups in total. The Morgan fingerprint density at radius 2 is 1.82 bits per heavy atom. The molecule has 3 heteroatoms. The first-order valence-corrected chi connectivity index (χ1v) is 5.24. The molecule has 0 amide bonds. The van der Waals surface area contributed by atoms with E-state index in [0.717, 1.165) is 4.90 Å². The Morgan fingerprint density at radius 1 is 1.27 bits per heavy atom. The predicted molar refractivity (Wildman–Crippen MR) is 47.1 cm³/mol. The Labute approximate surface area is 67.4 Å². The van der Waals surface area contributed by atoms with Crippen LogP contribution in [0.15, 0.2) is 39.6 Å². The zero-order chi connectivity index (χ0) is 8.32. The van der Waals surface area contributed by atoms with Gasteiger partial charge in [-0.15, -0.1) is 0 Å². The summed E-state index contributed by atoms with van der Waals surface area (Å²) in [6, 6.07) is 9.28. The Kier molecular flexibility index (Phi) is 2.29. The molecule has 1 aromatic carbocycles. The van der Waals surface area contributed by atoms with Gasteiger partial charge >= 0.3 is 0 Å². The van der Waals surface area contributed by atoms with Gasteiger partial charge in [0, 0.05) is 18.2 Å². The molecule has 0 saturated heterocycles. The monoisotopic (exact) mass is 169 g/mol. The summed E-state index contributed by atoms with van der Waals surface area (Å²) < 4.78 is 15.4. The van der Waals surface area contributed by atoms with E-state index in [0.29, 0.717) is 0 Å². The van der Waals surface area contributed by atoms with Gasteiger partial charge in [0.05, 0.1) is 9.73 Å². The zero-order valence-electron chi connectivity index (χ0n) is 6.65. The second-order valence-corrected chi connectivity index (χ2v) is 4.74.